The molecule has 0 saturated carbocycles. The summed E-state index contributed by atoms with van der Waals surface area (Å²) in [6.07, 6.45) is -1.47. The van der Waals surface area contributed by atoms with Crippen molar-refractivity contribution in [2.24, 2.45) is 0 Å². The van der Waals surface area contributed by atoms with E-state index >= 15 is 0 Å². The van der Waals surface area contributed by atoms with Gasteiger partial charge in [0, 0.05) is 32.4 Å². The molecule has 0 atom stereocenters. The summed E-state index contributed by atoms with van der Waals surface area (Å²) < 4.78 is 36.7. The predicted octanol–water partition coefficient (Wildman–Crippen LogP) is 1.84. The molecule has 1 fully saturated rings. The molecule has 1 amide bonds. The minimum absolute atomic E-state index is 0.239. The number of hydrazine groups is 1. The van der Waals surface area contributed by atoms with Crippen molar-refractivity contribution in [2.45, 2.75) is 31.5 Å². The van der Waals surface area contributed by atoms with Gasteiger partial charge < -0.3 is 10.3 Å². The molecular weight excluding hydrogens is 337 g/mol. The second-order valence-electron chi connectivity index (χ2n) is 6.05. The van der Waals surface area contributed by atoms with Crippen LogP contribution in [0.4, 0.5) is 19.0 Å². The fraction of sp³-hybridized carbons (Fsp3) is 0.533. The maximum atomic E-state index is 12.2. The predicted molar refractivity (Wildman–Crippen MR) is 85.7 cm³/mol. The Morgan fingerprint density at radius 1 is 1.40 bits per heavy atom. The van der Waals surface area contributed by atoms with E-state index in [4.69, 9.17) is 0 Å². The minimum atomic E-state index is -4.47. The summed E-state index contributed by atoms with van der Waals surface area (Å²) >= 11 is 0. The van der Waals surface area contributed by atoms with Crippen LogP contribution in [0, 0.1) is 0 Å². The van der Waals surface area contributed by atoms with E-state index in [9.17, 15) is 18.0 Å². The zero-order valence-corrected chi connectivity index (χ0v) is 13.7. The van der Waals surface area contributed by atoms with Gasteiger partial charge in [-0.3, -0.25) is 9.80 Å². The average molecular weight is 356 g/mol. The number of piperidine rings is 1. The average Bonchev–Trinajstić information content (AvgIpc) is 3.01. The first-order valence-corrected chi connectivity index (χ1v) is 7.96. The van der Waals surface area contributed by atoms with E-state index in [1.54, 1.807) is 6.20 Å². The van der Waals surface area contributed by atoms with Crippen molar-refractivity contribution in [2.75, 3.05) is 25.1 Å². The van der Waals surface area contributed by atoms with E-state index in [2.05, 4.69) is 25.3 Å². The van der Waals surface area contributed by atoms with Crippen LogP contribution >= 0.6 is 0 Å². The molecule has 0 radical (unpaired) electrons. The summed E-state index contributed by atoms with van der Waals surface area (Å²) in [4.78, 5) is 22.9. The zero-order valence-electron chi connectivity index (χ0n) is 13.7. The second kappa shape index (κ2) is 6.87. The highest BCUT2D eigenvalue weighted by atomic mass is 19.4. The highest BCUT2D eigenvalue weighted by Gasteiger charge is 2.32. The van der Waals surface area contributed by atoms with E-state index in [1.165, 1.54) is 6.33 Å². The van der Waals surface area contributed by atoms with Crippen LogP contribution in [0.1, 0.15) is 19.3 Å². The number of nitrogens with zero attached hydrogens (tertiary/aromatic N) is 4. The Labute approximate surface area is 142 Å². The summed E-state index contributed by atoms with van der Waals surface area (Å²) in [7, 11) is 1.89. The van der Waals surface area contributed by atoms with Gasteiger partial charge in [0.2, 0.25) is 5.91 Å². The molecule has 1 aliphatic rings. The molecule has 10 heteroatoms. The molecule has 2 N–H and O–H groups in total. The number of rotatable bonds is 4. The number of amides is 1. The van der Waals surface area contributed by atoms with Gasteiger partial charge in [-0.15, -0.1) is 0 Å². The van der Waals surface area contributed by atoms with E-state index in [1.807, 2.05) is 18.1 Å². The Bertz CT molecular complexity index is 738. The molecule has 2 aromatic rings. The normalized spacial score (nSPS) is 17.0. The zero-order chi connectivity index (χ0) is 18.0. The van der Waals surface area contributed by atoms with Gasteiger partial charge in [0.15, 0.2) is 5.82 Å². The molecule has 25 heavy (non-hydrogen) atoms. The minimum Gasteiger partial charge on any atom is -0.353 e. The molecule has 3 rings (SSSR count). The molecule has 2 aromatic heterocycles. The lowest BCUT2D eigenvalue weighted by molar-refractivity contribution is -0.154. The van der Waals surface area contributed by atoms with Crippen LogP contribution in [-0.4, -0.2) is 58.2 Å². The first-order chi connectivity index (χ1) is 11.8. The van der Waals surface area contributed by atoms with Crippen LogP contribution < -0.4 is 10.3 Å². The fourth-order valence-electron chi connectivity index (χ4n) is 3.02. The Morgan fingerprint density at radius 2 is 2.12 bits per heavy atom. The molecule has 1 aliphatic heterocycles. The molecule has 3 heterocycles. The maximum absolute atomic E-state index is 12.2. The number of carbonyl (C=O) groups excluding carboxylic acids is 1. The molecule has 0 spiro atoms. The van der Waals surface area contributed by atoms with Gasteiger partial charge in [-0.05, 0) is 18.9 Å². The molecule has 0 unspecified atom stereocenters. The van der Waals surface area contributed by atoms with Gasteiger partial charge >= 0.3 is 6.18 Å². The quantitative estimate of drug-likeness (QED) is 0.874. The van der Waals surface area contributed by atoms with E-state index in [0.29, 0.717) is 25.9 Å². The SMILES string of the molecule is CN(c1ncnc2[nH]ccc12)N1CCC(NC(=O)CC(F)(F)F)CC1. The fourth-order valence-corrected chi connectivity index (χ4v) is 3.02. The smallest absolute Gasteiger partial charge is 0.353 e. The van der Waals surface area contributed by atoms with Gasteiger partial charge in [0.1, 0.15) is 18.4 Å². The summed E-state index contributed by atoms with van der Waals surface area (Å²) in [5.74, 6) is -0.213. The maximum Gasteiger partial charge on any atom is 0.397 e. The van der Waals surface area contributed by atoms with Crippen LogP contribution in [0.15, 0.2) is 18.6 Å². The van der Waals surface area contributed by atoms with E-state index in [-0.39, 0.29) is 6.04 Å². The number of carbonyl (C=O) groups is 1. The van der Waals surface area contributed by atoms with Gasteiger partial charge in [0.25, 0.3) is 0 Å². The summed E-state index contributed by atoms with van der Waals surface area (Å²) in [6, 6.07) is 1.66. The Morgan fingerprint density at radius 3 is 2.80 bits per heavy atom. The Balaban J connectivity index is 1.57. The number of alkyl halides is 3. The van der Waals surface area contributed by atoms with Crippen molar-refractivity contribution in [3.05, 3.63) is 18.6 Å². The van der Waals surface area contributed by atoms with Crippen LogP contribution in [0.5, 0.6) is 0 Å². The third kappa shape index (κ3) is 4.19. The molecule has 7 nitrogen and oxygen atoms in total. The van der Waals surface area contributed by atoms with Crippen molar-refractivity contribution in [3.8, 4) is 0 Å². The third-order valence-electron chi connectivity index (χ3n) is 4.26. The molecule has 0 bridgehead atoms. The summed E-state index contributed by atoms with van der Waals surface area (Å²) in [5.41, 5.74) is 0.742. The first kappa shape index (κ1) is 17.5. The van der Waals surface area contributed by atoms with Crippen molar-refractivity contribution in [1.29, 1.82) is 0 Å². The Hall–Kier alpha value is -2.36. The highest BCUT2D eigenvalue weighted by Crippen LogP contribution is 2.24. The third-order valence-corrected chi connectivity index (χ3v) is 4.26. The first-order valence-electron chi connectivity index (χ1n) is 7.96. The lowest BCUT2D eigenvalue weighted by Gasteiger charge is -2.38. The number of H-pyrrole nitrogens is 1. The van der Waals surface area contributed by atoms with E-state index in [0.717, 1.165) is 16.9 Å². The van der Waals surface area contributed by atoms with Crippen LogP contribution in [0.3, 0.4) is 0 Å². The standard InChI is InChI=1S/C15H19F3N6O/c1-23(14-11-2-5-19-13(11)20-9-21-14)24-6-3-10(4-7-24)22-12(25)8-15(16,17)18/h2,5,9-10H,3-4,6-8H2,1H3,(H,22,25)(H,19,20,21). The van der Waals surface area contributed by atoms with Crippen LogP contribution in [-0.2, 0) is 4.79 Å². The van der Waals surface area contributed by atoms with Crippen molar-refractivity contribution in [1.82, 2.24) is 25.3 Å². The number of halogens is 3. The molecule has 1 saturated heterocycles. The van der Waals surface area contributed by atoms with Gasteiger partial charge in [-0.2, -0.15) is 13.2 Å². The van der Waals surface area contributed by atoms with E-state index < -0.39 is 18.5 Å². The number of aromatic nitrogens is 3. The number of aromatic amines is 1. The van der Waals surface area contributed by atoms with Crippen molar-refractivity contribution in [3.63, 3.8) is 0 Å². The van der Waals surface area contributed by atoms with Crippen molar-refractivity contribution < 1.29 is 18.0 Å². The monoisotopic (exact) mass is 356 g/mol. The summed E-state index contributed by atoms with van der Waals surface area (Å²) in [5, 5.41) is 7.34. The van der Waals surface area contributed by atoms with Gasteiger partial charge in [-0.1, -0.05) is 0 Å². The molecule has 0 aromatic carbocycles. The highest BCUT2D eigenvalue weighted by molar-refractivity contribution is 5.86. The lowest BCUT2D eigenvalue weighted by Crippen LogP contribution is -2.50. The topological polar surface area (TPSA) is 77.2 Å². The Kier molecular flexibility index (Phi) is 4.80. The van der Waals surface area contributed by atoms with Gasteiger partial charge in [-0.25, -0.2) is 15.0 Å². The largest absolute Gasteiger partial charge is 0.397 e. The summed E-state index contributed by atoms with van der Waals surface area (Å²) in [6.45, 7) is 1.23. The molecule has 136 valence electrons. The van der Waals surface area contributed by atoms with Crippen LogP contribution in [0.25, 0.3) is 11.0 Å². The molecule has 0 aliphatic carbocycles. The second-order valence-corrected chi connectivity index (χ2v) is 6.05. The van der Waals surface area contributed by atoms with Crippen LogP contribution in [0.2, 0.25) is 0 Å². The lowest BCUT2D eigenvalue weighted by atomic mass is 10.1. The number of hydrogen-bond acceptors (Lipinski definition) is 5. The molecular formula is C15H19F3N6O. The number of hydrogen-bond donors (Lipinski definition) is 2. The van der Waals surface area contributed by atoms with Crippen molar-refractivity contribution >= 4 is 22.8 Å². The number of anilines is 1. The van der Waals surface area contributed by atoms with Gasteiger partial charge in [0.05, 0.1) is 5.39 Å². The number of fused-ring (bicyclic) bond motifs is 1. The number of nitrogens with one attached hydrogen (secondary N) is 2.